The molecule has 120 valence electrons. The Bertz CT molecular complexity index is 694. The molecule has 3 N–H and O–H groups in total. The van der Waals surface area contributed by atoms with E-state index in [1.807, 2.05) is 5.38 Å². The molecule has 7 heteroatoms. The summed E-state index contributed by atoms with van der Waals surface area (Å²) in [7, 11) is 0. The van der Waals surface area contributed by atoms with Crippen LogP contribution in [0.1, 0.15) is 33.9 Å². The molecule has 0 aliphatic carbocycles. The van der Waals surface area contributed by atoms with Crippen LogP contribution >= 0.6 is 11.3 Å². The highest BCUT2D eigenvalue weighted by Gasteiger charge is 2.11. The molecule has 0 spiro atoms. The van der Waals surface area contributed by atoms with Crippen LogP contribution in [0, 0.1) is 5.92 Å². The van der Waals surface area contributed by atoms with Crippen molar-refractivity contribution in [2.45, 2.75) is 13.8 Å². The van der Waals surface area contributed by atoms with Crippen molar-refractivity contribution < 1.29 is 14.4 Å². The molecule has 3 amide bonds. The second-order valence-corrected chi connectivity index (χ2v) is 6.05. The summed E-state index contributed by atoms with van der Waals surface area (Å²) in [6.45, 7) is 3.46. The van der Waals surface area contributed by atoms with E-state index in [9.17, 15) is 14.4 Å². The number of carbonyl (C=O) groups excluding carboxylic acids is 3. The maximum Gasteiger partial charge on any atom is 0.269 e. The third kappa shape index (κ3) is 4.65. The third-order valence-corrected chi connectivity index (χ3v) is 3.84. The van der Waals surface area contributed by atoms with Crippen LogP contribution < -0.4 is 16.2 Å². The summed E-state index contributed by atoms with van der Waals surface area (Å²) >= 11 is 1.35. The molecule has 1 aromatic carbocycles. The fourth-order valence-electron chi connectivity index (χ4n) is 1.64. The van der Waals surface area contributed by atoms with Crippen molar-refractivity contribution in [1.82, 2.24) is 10.9 Å². The van der Waals surface area contributed by atoms with Crippen LogP contribution in [0.4, 0.5) is 5.69 Å². The summed E-state index contributed by atoms with van der Waals surface area (Å²) in [5.74, 6) is -1.10. The van der Waals surface area contributed by atoms with Crippen molar-refractivity contribution in [2.24, 2.45) is 5.92 Å². The van der Waals surface area contributed by atoms with Gasteiger partial charge in [-0.3, -0.25) is 25.2 Å². The number of thiophene rings is 1. The summed E-state index contributed by atoms with van der Waals surface area (Å²) in [5, 5.41) is 4.57. The molecule has 2 rings (SSSR count). The van der Waals surface area contributed by atoms with E-state index in [-0.39, 0.29) is 17.7 Å². The minimum absolute atomic E-state index is 0.193. The van der Waals surface area contributed by atoms with Gasteiger partial charge in [-0.1, -0.05) is 19.9 Å². The van der Waals surface area contributed by atoms with Crippen LogP contribution in [-0.4, -0.2) is 17.7 Å². The number of amides is 3. The van der Waals surface area contributed by atoms with Gasteiger partial charge in [0.05, 0.1) is 4.88 Å². The van der Waals surface area contributed by atoms with Crippen LogP contribution in [0.15, 0.2) is 41.8 Å². The van der Waals surface area contributed by atoms with Gasteiger partial charge in [-0.25, -0.2) is 0 Å². The van der Waals surface area contributed by atoms with Crippen LogP contribution in [0.25, 0.3) is 0 Å². The molecular formula is C16H17N3O3S. The third-order valence-electron chi connectivity index (χ3n) is 2.97. The molecule has 0 atom stereocenters. The second-order valence-electron chi connectivity index (χ2n) is 5.11. The minimum atomic E-state index is -0.421. The van der Waals surface area contributed by atoms with Gasteiger partial charge in [0, 0.05) is 17.2 Å². The summed E-state index contributed by atoms with van der Waals surface area (Å²) in [6, 6.07) is 9.94. The number of nitrogens with one attached hydrogen (secondary N) is 3. The van der Waals surface area contributed by atoms with E-state index in [0.29, 0.717) is 16.1 Å². The van der Waals surface area contributed by atoms with Crippen molar-refractivity contribution >= 4 is 34.7 Å². The largest absolute Gasteiger partial charge is 0.321 e. The lowest BCUT2D eigenvalue weighted by atomic mass is 10.2. The van der Waals surface area contributed by atoms with E-state index >= 15 is 0 Å². The van der Waals surface area contributed by atoms with Crippen molar-refractivity contribution in [3.05, 3.63) is 52.2 Å². The molecule has 2 aromatic rings. The van der Waals surface area contributed by atoms with Crippen LogP contribution in [0.5, 0.6) is 0 Å². The van der Waals surface area contributed by atoms with Crippen molar-refractivity contribution in [1.29, 1.82) is 0 Å². The fourth-order valence-corrected chi connectivity index (χ4v) is 2.26. The zero-order chi connectivity index (χ0) is 16.8. The van der Waals surface area contributed by atoms with Gasteiger partial charge in [0.2, 0.25) is 5.91 Å². The number of carbonyl (C=O) groups is 3. The van der Waals surface area contributed by atoms with E-state index in [2.05, 4.69) is 16.2 Å². The predicted molar refractivity (Wildman–Crippen MR) is 89.2 cm³/mol. The summed E-state index contributed by atoms with van der Waals surface area (Å²) in [5.41, 5.74) is 5.64. The normalized spacial score (nSPS) is 10.2. The highest BCUT2D eigenvalue weighted by Crippen LogP contribution is 2.14. The lowest BCUT2D eigenvalue weighted by Gasteiger charge is -2.09. The van der Waals surface area contributed by atoms with E-state index < -0.39 is 5.91 Å². The fraction of sp³-hybridized carbons (Fsp3) is 0.188. The number of hydrogen-bond acceptors (Lipinski definition) is 4. The Balaban J connectivity index is 1.92. The van der Waals surface area contributed by atoms with E-state index in [4.69, 9.17) is 0 Å². The predicted octanol–water partition coefficient (Wildman–Crippen LogP) is 2.42. The van der Waals surface area contributed by atoms with E-state index in [1.165, 1.54) is 11.3 Å². The van der Waals surface area contributed by atoms with Gasteiger partial charge < -0.3 is 5.32 Å². The Morgan fingerprint density at radius 3 is 2.22 bits per heavy atom. The number of anilines is 1. The highest BCUT2D eigenvalue weighted by atomic mass is 32.1. The van der Waals surface area contributed by atoms with Gasteiger partial charge in [-0.15, -0.1) is 11.3 Å². The lowest BCUT2D eigenvalue weighted by molar-refractivity contribution is -0.124. The Hall–Kier alpha value is -2.67. The zero-order valence-electron chi connectivity index (χ0n) is 12.8. The molecular weight excluding hydrogens is 314 g/mol. The smallest absolute Gasteiger partial charge is 0.269 e. The van der Waals surface area contributed by atoms with Gasteiger partial charge in [0.1, 0.15) is 0 Å². The standard InChI is InChI=1S/C16H17N3O3S/c1-10(2)14(20)18-19-15(21)11-5-7-12(8-6-11)17-16(22)13-4-3-9-23-13/h3-10H,1-2H3,(H,17,22)(H,18,20)(H,19,21). The van der Waals surface area contributed by atoms with Gasteiger partial charge in [0.25, 0.3) is 11.8 Å². The molecule has 0 fully saturated rings. The zero-order valence-corrected chi connectivity index (χ0v) is 13.6. The average Bonchev–Trinajstić information content (AvgIpc) is 3.07. The van der Waals surface area contributed by atoms with Gasteiger partial charge >= 0.3 is 0 Å². The molecule has 1 heterocycles. The van der Waals surface area contributed by atoms with E-state index in [1.54, 1.807) is 50.2 Å². The van der Waals surface area contributed by atoms with Crippen molar-refractivity contribution in [3.8, 4) is 0 Å². The molecule has 0 radical (unpaired) electrons. The topological polar surface area (TPSA) is 87.3 Å². The molecule has 1 aromatic heterocycles. The van der Waals surface area contributed by atoms with Crippen LogP contribution in [0.2, 0.25) is 0 Å². The molecule has 0 saturated carbocycles. The first-order valence-corrected chi connectivity index (χ1v) is 7.90. The first kappa shape index (κ1) is 16.7. The number of hydrazine groups is 1. The lowest BCUT2D eigenvalue weighted by Crippen LogP contribution is -2.43. The van der Waals surface area contributed by atoms with Crippen LogP contribution in [-0.2, 0) is 4.79 Å². The molecule has 0 unspecified atom stereocenters. The summed E-state index contributed by atoms with van der Waals surface area (Å²) in [4.78, 5) is 35.8. The molecule has 0 aliphatic rings. The van der Waals surface area contributed by atoms with Crippen molar-refractivity contribution in [2.75, 3.05) is 5.32 Å². The van der Waals surface area contributed by atoms with Gasteiger partial charge in [-0.05, 0) is 35.7 Å². The summed E-state index contributed by atoms with van der Waals surface area (Å²) < 4.78 is 0. The second kappa shape index (κ2) is 7.55. The Labute approximate surface area is 137 Å². The average molecular weight is 331 g/mol. The molecule has 0 aliphatic heterocycles. The Morgan fingerprint density at radius 2 is 1.65 bits per heavy atom. The van der Waals surface area contributed by atoms with Gasteiger partial charge in [0.15, 0.2) is 0 Å². The quantitative estimate of drug-likeness (QED) is 0.752. The number of rotatable bonds is 4. The highest BCUT2D eigenvalue weighted by molar-refractivity contribution is 7.12. The summed E-state index contributed by atoms with van der Waals surface area (Å²) in [6.07, 6.45) is 0. The SMILES string of the molecule is CC(C)C(=O)NNC(=O)c1ccc(NC(=O)c2cccs2)cc1. The Morgan fingerprint density at radius 1 is 0.957 bits per heavy atom. The minimum Gasteiger partial charge on any atom is -0.321 e. The van der Waals surface area contributed by atoms with E-state index in [0.717, 1.165) is 0 Å². The maximum absolute atomic E-state index is 11.9. The number of benzene rings is 1. The number of hydrogen-bond donors (Lipinski definition) is 3. The monoisotopic (exact) mass is 331 g/mol. The molecule has 0 bridgehead atoms. The molecule has 23 heavy (non-hydrogen) atoms. The maximum atomic E-state index is 11.9. The molecule has 6 nitrogen and oxygen atoms in total. The van der Waals surface area contributed by atoms with Crippen LogP contribution in [0.3, 0.4) is 0 Å². The first-order valence-electron chi connectivity index (χ1n) is 7.02. The van der Waals surface area contributed by atoms with Crippen molar-refractivity contribution in [3.63, 3.8) is 0 Å². The molecule has 0 saturated heterocycles. The van der Waals surface area contributed by atoms with Gasteiger partial charge in [-0.2, -0.15) is 0 Å². The Kier molecular flexibility index (Phi) is 5.48. The first-order chi connectivity index (χ1) is 11.0.